The number of thiol groups is 1. The number of nitrogens with one attached hydrogen (secondary N) is 2. The lowest BCUT2D eigenvalue weighted by atomic mass is 9.98. The minimum absolute atomic E-state index is 0.00657. The van der Waals surface area contributed by atoms with Gasteiger partial charge < -0.3 is 25.0 Å². The minimum Gasteiger partial charge on any atom is -0.468 e. The van der Waals surface area contributed by atoms with Gasteiger partial charge in [0.2, 0.25) is 11.8 Å². The molecule has 0 aromatic heterocycles. The minimum atomic E-state index is -1.02. The van der Waals surface area contributed by atoms with E-state index in [9.17, 15) is 19.2 Å². The van der Waals surface area contributed by atoms with E-state index in [1.807, 2.05) is 26.0 Å². The topological polar surface area (TPSA) is 114 Å². The average Bonchev–Trinajstić information content (AvgIpc) is 2.79. The number of hydrogen-bond donors (Lipinski definition) is 3. The first-order valence-corrected chi connectivity index (χ1v) is 12.4. The fourth-order valence-electron chi connectivity index (χ4n) is 3.41. The van der Waals surface area contributed by atoms with Crippen molar-refractivity contribution >= 4 is 36.5 Å². The SMILES string of the molecule is CCCCCN(C(=O)C(CS)NC(=O)OC(C)(C)C)C(C(=O)NCC(=O)OC)c1ccccc1C. The number of aryl methyl sites for hydroxylation is 1. The number of methoxy groups -OCH3 is 1. The van der Waals surface area contributed by atoms with E-state index < -0.39 is 41.6 Å². The van der Waals surface area contributed by atoms with Crippen molar-refractivity contribution in [1.29, 1.82) is 0 Å². The van der Waals surface area contributed by atoms with Gasteiger partial charge >= 0.3 is 12.1 Å². The van der Waals surface area contributed by atoms with Crippen LogP contribution in [-0.4, -0.2) is 66.4 Å². The molecule has 0 aliphatic carbocycles. The molecule has 0 saturated heterocycles. The second-order valence-corrected chi connectivity index (χ2v) is 9.54. The molecule has 2 N–H and O–H groups in total. The molecule has 1 aromatic carbocycles. The summed E-state index contributed by atoms with van der Waals surface area (Å²) in [5.74, 6) is -1.59. The molecule has 0 saturated carbocycles. The van der Waals surface area contributed by atoms with Crippen molar-refractivity contribution in [3.8, 4) is 0 Å². The summed E-state index contributed by atoms with van der Waals surface area (Å²) in [6, 6.07) is 5.20. The van der Waals surface area contributed by atoms with E-state index in [1.54, 1.807) is 32.9 Å². The number of unbranched alkanes of at least 4 members (excludes halogenated alkanes) is 2. The Morgan fingerprint density at radius 1 is 1.11 bits per heavy atom. The number of alkyl carbamates (subject to hydrolysis) is 1. The lowest BCUT2D eigenvalue weighted by Gasteiger charge is -2.34. The Hall–Kier alpha value is -2.75. The smallest absolute Gasteiger partial charge is 0.408 e. The van der Waals surface area contributed by atoms with Gasteiger partial charge in [-0.2, -0.15) is 12.6 Å². The van der Waals surface area contributed by atoms with Gasteiger partial charge in [-0.15, -0.1) is 0 Å². The fraction of sp³-hybridized carbons (Fsp3) is 0.600. The summed E-state index contributed by atoms with van der Waals surface area (Å²) in [7, 11) is 1.23. The second-order valence-electron chi connectivity index (χ2n) is 9.17. The third-order valence-corrected chi connectivity index (χ3v) is 5.50. The van der Waals surface area contributed by atoms with Gasteiger partial charge in [0.15, 0.2) is 0 Å². The van der Waals surface area contributed by atoms with Crippen molar-refractivity contribution < 1.29 is 28.7 Å². The quantitative estimate of drug-likeness (QED) is 0.227. The van der Waals surface area contributed by atoms with Crippen LogP contribution in [0.25, 0.3) is 0 Å². The van der Waals surface area contributed by atoms with Crippen LogP contribution in [0.15, 0.2) is 24.3 Å². The number of rotatable bonds is 12. The van der Waals surface area contributed by atoms with Crippen LogP contribution < -0.4 is 10.6 Å². The number of amides is 3. The fourth-order valence-corrected chi connectivity index (χ4v) is 3.65. The zero-order chi connectivity index (χ0) is 26.6. The molecule has 10 heteroatoms. The molecule has 0 spiro atoms. The molecule has 1 rings (SSSR count). The molecule has 0 radical (unpaired) electrons. The van der Waals surface area contributed by atoms with Crippen LogP contribution in [0.2, 0.25) is 0 Å². The summed E-state index contributed by atoms with van der Waals surface area (Å²) < 4.78 is 9.93. The summed E-state index contributed by atoms with van der Waals surface area (Å²) in [5.41, 5.74) is 0.684. The van der Waals surface area contributed by atoms with E-state index in [0.29, 0.717) is 12.0 Å². The van der Waals surface area contributed by atoms with Crippen LogP contribution in [0.5, 0.6) is 0 Å². The van der Waals surface area contributed by atoms with Crippen LogP contribution in [0.3, 0.4) is 0 Å². The summed E-state index contributed by atoms with van der Waals surface area (Å²) in [6.07, 6.45) is 1.67. The zero-order valence-electron chi connectivity index (χ0n) is 21.6. The summed E-state index contributed by atoms with van der Waals surface area (Å²) in [6.45, 7) is 9.00. The lowest BCUT2D eigenvalue weighted by molar-refractivity contribution is -0.144. The monoisotopic (exact) mass is 509 g/mol. The predicted octanol–water partition coefficient (Wildman–Crippen LogP) is 3.17. The highest BCUT2D eigenvalue weighted by molar-refractivity contribution is 7.80. The van der Waals surface area contributed by atoms with Crippen molar-refractivity contribution in [2.75, 3.05) is 26.0 Å². The number of ether oxygens (including phenoxy) is 2. The first kappa shape index (κ1) is 30.3. The van der Waals surface area contributed by atoms with Crippen LogP contribution in [0.1, 0.15) is 64.1 Å². The first-order valence-electron chi connectivity index (χ1n) is 11.8. The van der Waals surface area contributed by atoms with Crippen molar-refractivity contribution in [3.63, 3.8) is 0 Å². The molecular weight excluding hydrogens is 470 g/mol. The highest BCUT2D eigenvalue weighted by atomic mass is 32.1. The number of nitrogens with zero attached hydrogens (tertiary/aromatic N) is 1. The highest BCUT2D eigenvalue weighted by Gasteiger charge is 2.36. The zero-order valence-corrected chi connectivity index (χ0v) is 22.4. The van der Waals surface area contributed by atoms with E-state index >= 15 is 0 Å². The molecule has 0 aliphatic rings. The highest BCUT2D eigenvalue weighted by Crippen LogP contribution is 2.26. The number of hydrogen-bond acceptors (Lipinski definition) is 7. The van der Waals surface area contributed by atoms with Gasteiger partial charge in [-0.3, -0.25) is 14.4 Å². The van der Waals surface area contributed by atoms with Crippen molar-refractivity contribution in [3.05, 3.63) is 35.4 Å². The van der Waals surface area contributed by atoms with Gasteiger partial charge in [0.1, 0.15) is 24.2 Å². The maximum Gasteiger partial charge on any atom is 0.408 e. The second kappa shape index (κ2) is 14.6. The van der Waals surface area contributed by atoms with E-state index in [0.717, 1.165) is 18.4 Å². The van der Waals surface area contributed by atoms with E-state index in [1.165, 1.54) is 12.0 Å². The Bertz CT molecular complexity index is 871. The molecule has 0 heterocycles. The Balaban J connectivity index is 3.38. The van der Waals surface area contributed by atoms with E-state index in [4.69, 9.17) is 4.74 Å². The van der Waals surface area contributed by atoms with Crippen LogP contribution in [0.4, 0.5) is 4.79 Å². The van der Waals surface area contributed by atoms with Gasteiger partial charge in [0.25, 0.3) is 0 Å². The molecule has 1 aromatic rings. The van der Waals surface area contributed by atoms with Gasteiger partial charge in [-0.25, -0.2) is 4.79 Å². The van der Waals surface area contributed by atoms with Crippen LogP contribution in [0, 0.1) is 6.92 Å². The Kier molecular flexibility index (Phi) is 12.6. The van der Waals surface area contributed by atoms with E-state index in [-0.39, 0.29) is 18.8 Å². The predicted molar refractivity (Wildman–Crippen MR) is 137 cm³/mol. The van der Waals surface area contributed by atoms with Crippen molar-refractivity contribution in [2.45, 2.75) is 71.6 Å². The molecule has 0 bridgehead atoms. The molecule has 2 unspecified atom stereocenters. The maximum atomic E-state index is 13.7. The number of carbonyl (C=O) groups excluding carboxylic acids is 4. The molecule has 0 aliphatic heterocycles. The maximum absolute atomic E-state index is 13.7. The number of carbonyl (C=O) groups is 4. The Labute approximate surface area is 213 Å². The van der Waals surface area contributed by atoms with Gasteiger partial charge in [0.05, 0.1) is 7.11 Å². The van der Waals surface area contributed by atoms with Crippen LogP contribution >= 0.6 is 12.6 Å². The number of esters is 1. The molecular formula is C25H39N3O6S. The molecule has 3 amide bonds. The molecule has 35 heavy (non-hydrogen) atoms. The standard InChI is InChI=1S/C25H39N3O6S/c1-7-8-11-14-28(23(31)19(16-35)27-24(32)34-25(3,4)5)21(18-13-10-9-12-17(18)2)22(30)26-15-20(29)33-6/h9-10,12-13,19,21,35H,7-8,11,14-16H2,1-6H3,(H,26,30)(H,27,32). The Morgan fingerprint density at radius 3 is 2.31 bits per heavy atom. The molecule has 0 fully saturated rings. The van der Waals surface area contributed by atoms with Crippen molar-refractivity contribution in [1.82, 2.24) is 15.5 Å². The normalized spacial score (nSPS) is 12.8. The first-order chi connectivity index (χ1) is 16.4. The summed E-state index contributed by atoms with van der Waals surface area (Å²) in [5, 5.41) is 5.15. The van der Waals surface area contributed by atoms with Crippen LogP contribution in [-0.2, 0) is 23.9 Å². The van der Waals surface area contributed by atoms with E-state index in [2.05, 4.69) is 28.0 Å². The largest absolute Gasteiger partial charge is 0.468 e. The van der Waals surface area contributed by atoms with Gasteiger partial charge in [0, 0.05) is 12.3 Å². The van der Waals surface area contributed by atoms with Gasteiger partial charge in [-0.05, 0) is 45.2 Å². The van der Waals surface area contributed by atoms with Crippen molar-refractivity contribution in [2.24, 2.45) is 0 Å². The van der Waals surface area contributed by atoms with Gasteiger partial charge in [-0.1, -0.05) is 44.0 Å². The molecule has 9 nitrogen and oxygen atoms in total. The lowest BCUT2D eigenvalue weighted by Crippen LogP contribution is -2.54. The molecule has 196 valence electrons. The molecule has 2 atom stereocenters. The summed E-state index contributed by atoms with van der Waals surface area (Å²) in [4.78, 5) is 52.6. The summed E-state index contributed by atoms with van der Waals surface area (Å²) >= 11 is 4.27. The number of benzene rings is 1. The third kappa shape index (κ3) is 10.2. The average molecular weight is 510 g/mol. The third-order valence-electron chi connectivity index (χ3n) is 5.13. The Morgan fingerprint density at radius 2 is 1.77 bits per heavy atom.